The normalized spacial score (nSPS) is 20.6. The van der Waals surface area contributed by atoms with E-state index in [9.17, 15) is 24.3 Å². The Morgan fingerprint density at radius 1 is 1.16 bits per heavy atom. The molecule has 2 aliphatic rings. The van der Waals surface area contributed by atoms with E-state index in [1.165, 1.54) is 4.90 Å². The Kier molecular flexibility index (Phi) is 4.69. The first kappa shape index (κ1) is 16.9. The van der Waals surface area contributed by atoms with Crippen LogP contribution in [0.2, 0.25) is 0 Å². The number of aliphatic carboxylic acids is 1. The summed E-state index contributed by atoms with van der Waals surface area (Å²) in [7, 11) is 0. The number of likely N-dealkylation sites (tertiary alicyclic amines) is 1. The zero-order valence-electron chi connectivity index (χ0n) is 13.6. The Labute approximate surface area is 144 Å². The van der Waals surface area contributed by atoms with Crippen molar-refractivity contribution in [3.05, 3.63) is 35.4 Å². The van der Waals surface area contributed by atoms with Crippen molar-refractivity contribution < 1.29 is 24.3 Å². The number of carboxylic acids is 1. The second kappa shape index (κ2) is 6.92. The fraction of sp³-hybridized carbons (Fsp3) is 0.412. The number of imide groups is 1. The molecule has 1 unspecified atom stereocenters. The molecule has 2 aliphatic heterocycles. The lowest BCUT2D eigenvalue weighted by molar-refractivity contribution is -0.143. The smallest absolute Gasteiger partial charge is 0.326 e. The third-order valence-electron chi connectivity index (χ3n) is 4.53. The Morgan fingerprint density at radius 3 is 2.48 bits per heavy atom. The monoisotopic (exact) mass is 345 g/mol. The third kappa shape index (κ3) is 3.47. The number of carbonyl (C=O) groups excluding carboxylic acids is 3. The van der Waals surface area contributed by atoms with Crippen LogP contribution in [-0.4, -0.2) is 57.9 Å². The van der Waals surface area contributed by atoms with Crippen LogP contribution >= 0.6 is 0 Å². The van der Waals surface area contributed by atoms with Crippen LogP contribution in [0.3, 0.4) is 0 Å². The highest BCUT2D eigenvalue weighted by molar-refractivity contribution is 6.02. The van der Waals surface area contributed by atoms with E-state index < -0.39 is 18.0 Å². The molecule has 0 aliphatic carbocycles. The first-order chi connectivity index (χ1) is 12.0. The average molecular weight is 345 g/mol. The van der Waals surface area contributed by atoms with Crippen LogP contribution in [0.15, 0.2) is 24.3 Å². The van der Waals surface area contributed by atoms with E-state index in [4.69, 9.17) is 0 Å². The van der Waals surface area contributed by atoms with Gasteiger partial charge >= 0.3 is 12.0 Å². The Balaban J connectivity index is 1.71. The molecule has 25 heavy (non-hydrogen) atoms. The summed E-state index contributed by atoms with van der Waals surface area (Å²) in [6.07, 6.45) is 2.05. The van der Waals surface area contributed by atoms with E-state index in [2.05, 4.69) is 5.32 Å². The second-order valence-corrected chi connectivity index (χ2v) is 6.18. The molecule has 132 valence electrons. The molecule has 4 amide bonds. The lowest BCUT2D eigenvalue weighted by atomic mass is 10.0. The van der Waals surface area contributed by atoms with Crippen molar-refractivity contribution in [2.75, 3.05) is 13.1 Å². The number of carboxylic acid groups (broad SMARTS) is 1. The molecule has 1 aromatic rings. The van der Waals surface area contributed by atoms with Crippen molar-refractivity contribution in [3.8, 4) is 0 Å². The molecule has 0 spiro atoms. The van der Waals surface area contributed by atoms with E-state index >= 15 is 0 Å². The van der Waals surface area contributed by atoms with E-state index in [0.29, 0.717) is 18.5 Å². The minimum absolute atomic E-state index is 0.000932. The van der Waals surface area contributed by atoms with Crippen molar-refractivity contribution in [3.63, 3.8) is 0 Å². The number of urea groups is 1. The summed E-state index contributed by atoms with van der Waals surface area (Å²) >= 11 is 0. The van der Waals surface area contributed by atoms with Crippen LogP contribution in [0.4, 0.5) is 4.79 Å². The van der Waals surface area contributed by atoms with Gasteiger partial charge in [0.2, 0.25) is 5.91 Å². The molecule has 8 heteroatoms. The van der Waals surface area contributed by atoms with Crippen LogP contribution < -0.4 is 5.32 Å². The third-order valence-corrected chi connectivity index (χ3v) is 4.53. The number of amides is 4. The van der Waals surface area contributed by atoms with Crippen LogP contribution in [0, 0.1) is 0 Å². The van der Waals surface area contributed by atoms with E-state index in [1.807, 2.05) is 0 Å². The predicted octanol–water partition coefficient (Wildman–Crippen LogP) is 0.818. The quantitative estimate of drug-likeness (QED) is 0.786. The number of nitrogens with zero attached hydrogens (tertiary/aromatic N) is 2. The molecule has 3 rings (SSSR count). The first-order valence-corrected chi connectivity index (χ1v) is 8.18. The molecule has 2 N–H and O–H groups in total. The van der Waals surface area contributed by atoms with Crippen LogP contribution in [0.5, 0.6) is 0 Å². The lowest BCUT2D eigenvalue weighted by Gasteiger charge is -2.33. The van der Waals surface area contributed by atoms with E-state index in [-0.39, 0.29) is 24.9 Å². The Bertz CT molecular complexity index is 699. The van der Waals surface area contributed by atoms with E-state index in [1.54, 1.807) is 24.3 Å². The molecule has 1 atom stereocenters. The average Bonchev–Trinajstić information content (AvgIpc) is 2.93. The van der Waals surface area contributed by atoms with Crippen molar-refractivity contribution in [1.82, 2.24) is 15.1 Å². The highest BCUT2D eigenvalue weighted by atomic mass is 16.4. The molecular formula is C17H19N3O5. The molecule has 1 aromatic carbocycles. The maximum absolute atomic E-state index is 12.6. The van der Waals surface area contributed by atoms with Gasteiger partial charge in [-0.15, -0.1) is 0 Å². The van der Waals surface area contributed by atoms with Gasteiger partial charge < -0.3 is 15.3 Å². The van der Waals surface area contributed by atoms with Gasteiger partial charge in [0.25, 0.3) is 5.91 Å². The number of nitrogens with one attached hydrogen (secondary N) is 1. The number of carbonyl (C=O) groups is 4. The van der Waals surface area contributed by atoms with Crippen molar-refractivity contribution in [2.45, 2.75) is 31.8 Å². The summed E-state index contributed by atoms with van der Waals surface area (Å²) in [6, 6.07) is 5.33. The predicted molar refractivity (Wildman–Crippen MR) is 86.7 cm³/mol. The maximum atomic E-state index is 12.6. The minimum atomic E-state index is -0.983. The summed E-state index contributed by atoms with van der Waals surface area (Å²) < 4.78 is 0. The van der Waals surface area contributed by atoms with Gasteiger partial charge in [0.1, 0.15) is 6.04 Å². The number of benzene rings is 1. The lowest BCUT2D eigenvalue weighted by Crippen LogP contribution is -2.47. The molecular weight excluding hydrogens is 326 g/mol. The van der Waals surface area contributed by atoms with Crippen molar-refractivity contribution in [2.24, 2.45) is 0 Å². The number of rotatable bonds is 4. The van der Waals surface area contributed by atoms with Gasteiger partial charge in [0.15, 0.2) is 0 Å². The molecule has 0 radical (unpaired) electrons. The zero-order valence-corrected chi connectivity index (χ0v) is 13.6. The molecule has 2 saturated heterocycles. The van der Waals surface area contributed by atoms with Gasteiger partial charge in [-0.2, -0.15) is 0 Å². The fourth-order valence-electron chi connectivity index (χ4n) is 3.15. The Morgan fingerprint density at radius 2 is 1.88 bits per heavy atom. The summed E-state index contributed by atoms with van der Waals surface area (Å²) in [6.45, 7) is 0.571. The molecule has 0 bridgehead atoms. The zero-order chi connectivity index (χ0) is 18.0. The van der Waals surface area contributed by atoms with Crippen LogP contribution in [0.25, 0.3) is 0 Å². The van der Waals surface area contributed by atoms with Gasteiger partial charge in [0, 0.05) is 12.1 Å². The largest absolute Gasteiger partial charge is 0.480 e. The number of hydrogen-bond donors (Lipinski definition) is 2. The number of piperidine rings is 1. The molecule has 0 aromatic heterocycles. The topological polar surface area (TPSA) is 107 Å². The highest BCUT2D eigenvalue weighted by Crippen LogP contribution is 2.20. The summed E-state index contributed by atoms with van der Waals surface area (Å²) in [5.41, 5.74) is 1.12. The molecule has 2 heterocycles. The second-order valence-electron chi connectivity index (χ2n) is 6.18. The van der Waals surface area contributed by atoms with Gasteiger partial charge in [0.05, 0.1) is 13.1 Å². The van der Waals surface area contributed by atoms with Crippen molar-refractivity contribution in [1.29, 1.82) is 0 Å². The fourth-order valence-corrected chi connectivity index (χ4v) is 3.15. The van der Waals surface area contributed by atoms with Gasteiger partial charge in [-0.3, -0.25) is 14.5 Å². The van der Waals surface area contributed by atoms with Crippen LogP contribution in [0.1, 0.15) is 35.2 Å². The number of hydrogen-bond acceptors (Lipinski definition) is 4. The van der Waals surface area contributed by atoms with Gasteiger partial charge in [-0.25, -0.2) is 9.59 Å². The van der Waals surface area contributed by atoms with E-state index in [0.717, 1.165) is 23.3 Å². The Hall–Kier alpha value is -2.90. The summed E-state index contributed by atoms with van der Waals surface area (Å²) in [5.74, 6) is -1.58. The van der Waals surface area contributed by atoms with Gasteiger partial charge in [-0.1, -0.05) is 12.1 Å². The van der Waals surface area contributed by atoms with Crippen LogP contribution in [-0.2, 0) is 16.1 Å². The molecule has 8 nitrogen and oxygen atoms in total. The molecule has 0 saturated carbocycles. The standard InChI is InChI=1S/C17H19N3O5/c21-14-9-18-17(25)20(14)10-11-4-6-12(7-5-11)15(22)19-8-2-1-3-13(19)16(23)24/h4-7,13H,1-3,8-10H2,(H,18,25)(H,23,24). The van der Waals surface area contributed by atoms with Gasteiger partial charge in [-0.05, 0) is 37.0 Å². The summed E-state index contributed by atoms with van der Waals surface area (Å²) in [4.78, 5) is 49.6. The summed E-state index contributed by atoms with van der Waals surface area (Å²) in [5, 5.41) is 11.7. The maximum Gasteiger partial charge on any atom is 0.326 e. The van der Waals surface area contributed by atoms with Crippen molar-refractivity contribution >= 4 is 23.8 Å². The highest BCUT2D eigenvalue weighted by Gasteiger charge is 2.32. The SMILES string of the molecule is O=C(O)C1CCCCN1C(=O)c1ccc(CN2C(=O)CNC2=O)cc1. The minimum Gasteiger partial charge on any atom is -0.480 e. The first-order valence-electron chi connectivity index (χ1n) is 8.18. The molecule has 2 fully saturated rings.